The van der Waals surface area contributed by atoms with E-state index in [1.165, 1.54) is 5.01 Å². The minimum absolute atomic E-state index is 0.0250. The number of aliphatic hydroxyl groups excluding tert-OH is 1. The van der Waals surface area contributed by atoms with Gasteiger partial charge in [0.05, 0.1) is 29.3 Å². The van der Waals surface area contributed by atoms with Gasteiger partial charge in [-0.15, -0.1) is 5.10 Å². The van der Waals surface area contributed by atoms with Crippen molar-refractivity contribution in [2.45, 2.75) is 51.3 Å². The molecule has 2 aliphatic heterocycles. The maximum atomic E-state index is 13.9. The molecule has 10 nitrogen and oxygen atoms in total. The molecular weight excluding hydrogens is 568 g/mol. The van der Waals surface area contributed by atoms with Gasteiger partial charge in [-0.25, -0.2) is 5.01 Å². The molecule has 2 aliphatic rings. The van der Waals surface area contributed by atoms with Crippen LogP contribution in [0.1, 0.15) is 48.6 Å². The van der Waals surface area contributed by atoms with Gasteiger partial charge < -0.3 is 15.1 Å². The summed E-state index contributed by atoms with van der Waals surface area (Å²) in [6.07, 6.45) is 7.71. The highest BCUT2D eigenvalue weighted by Gasteiger charge is 2.52. The number of carbonyl (C=O) groups excluding carboxylic acids is 2. The Labute approximate surface area is 261 Å². The summed E-state index contributed by atoms with van der Waals surface area (Å²) in [4.78, 5) is 28.3. The summed E-state index contributed by atoms with van der Waals surface area (Å²) >= 11 is 0. The van der Waals surface area contributed by atoms with Crippen molar-refractivity contribution in [3.05, 3.63) is 120 Å². The lowest BCUT2D eigenvalue weighted by Crippen LogP contribution is -2.44. The number of hydrogen-bond acceptors (Lipinski definition) is 7. The molecule has 230 valence electrons. The van der Waals surface area contributed by atoms with E-state index in [4.69, 9.17) is 5.11 Å². The summed E-state index contributed by atoms with van der Waals surface area (Å²) in [7, 11) is 0. The second kappa shape index (κ2) is 13.0. The lowest BCUT2D eigenvalue weighted by molar-refractivity contribution is -0.139. The smallest absolute Gasteiger partial charge is 0.264 e. The Bertz CT molecular complexity index is 1730. The second-order valence-electron chi connectivity index (χ2n) is 11.4. The Morgan fingerprint density at radius 1 is 0.978 bits per heavy atom. The van der Waals surface area contributed by atoms with Gasteiger partial charge >= 0.3 is 0 Å². The first kappa shape index (κ1) is 30.1. The Kier molecular flexibility index (Phi) is 8.68. The minimum Gasteiger partial charge on any atom is -0.396 e. The molecule has 0 saturated carbocycles. The number of fused-ring (bicyclic) bond motifs is 1. The van der Waals surface area contributed by atoms with Crippen LogP contribution in [0.5, 0.6) is 0 Å². The van der Waals surface area contributed by atoms with Gasteiger partial charge in [0.15, 0.2) is 5.60 Å². The van der Waals surface area contributed by atoms with Crippen molar-refractivity contribution in [2.75, 3.05) is 16.5 Å². The summed E-state index contributed by atoms with van der Waals surface area (Å²) in [6, 6.07) is 24.7. The molecule has 0 radical (unpaired) electrons. The summed E-state index contributed by atoms with van der Waals surface area (Å²) < 4.78 is 1.72. The maximum absolute atomic E-state index is 13.9. The molecule has 0 bridgehead atoms. The van der Waals surface area contributed by atoms with Crippen LogP contribution < -0.4 is 9.91 Å². The molecule has 0 saturated heterocycles. The molecule has 45 heavy (non-hydrogen) atoms. The number of para-hydroxylation sites is 1. The minimum atomic E-state index is -1.71. The predicted octanol–water partition coefficient (Wildman–Crippen LogP) is 4.36. The van der Waals surface area contributed by atoms with Crippen molar-refractivity contribution in [1.29, 1.82) is 0 Å². The molecule has 3 aromatic carbocycles. The molecule has 0 fully saturated rings. The van der Waals surface area contributed by atoms with Gasteiger partial charge in [0.2, 0.25) is 5.91 Å². The highest BCUT2D eigenvalue weighted by atomic mass is 16.3. The summed E-state index contributed by atoms with van der Waals surface area (Å²) in [6.45, 7) is 2.73. The van der Waals surface area contributed by atoms with Gasteiger partial charge in [-0.05, 0) is 35.7 Å². The molecular formula is C35H36N6O4. The Balaban J connectivity index is 1.16. The summed E-state index contributed by atoms with van der Waals surface area (Å²) in [5.41, 5.74) is 3.67. The summed E-state index contributed by atoms with van der Waals surface area (Å²) in [5.74, 6) is -0.926. The van der Waals surface area contributed by atoms with E-state index in [2.05, 4.69) is 15.4 Å². The number of hydrazone groups is 1. The third-order valence-corrected chi connectivity index (χ3v) is 8.40. The third-order valence-electron chi connectivity index (χ3n) is 8.40. The molecule has 2 atom stereocenters. The molecule has 0 aliphatic carbocycles. The number of aromatic nitrogens is 3. The van der Waals surface area contributed by atoms with Gasteiger partial charge in [-0.3, -0.25) is 14.3 Å². The van der Waals surface area contributed by atoms with Crippen molar-refractivity contribution >= 4 is 28.9 Å². The number of anilines is 2. The lowest BCUT2D eigenvalue weighted by Gasteiger charge is -2.28. The molecule has 3 heterocycles. The van der Waals surface area contributed by atoms with Crippen LogP contribution in [0.25, 0.3) is 0 Å². The van der Waals surface area contributed by atoms with E-state index in [1.54, 1.807) is 9.58 Å². The van der Waals surface area contributed by atoms with E-state index in [-0.39, 0.29) is 25.0 Å². The monoisotopic (exact) mass is 604 g/mol. The topological polar surface area (TPSA) is 124 Å². The van der Waals surface area contributed by atoms with Crippen LogP contribution in [-0.2, 0) is 34.7 Å². The van der Waals surface area contributed by atoms with Crippen LogP contribution in [0.3, 0.4) is 0 Å². The quantitative estimate of drug-likeness (QED) is 0.245. The van der Waals surface area contributed by atoms with Crippen LogP contribution in [0.4, 0.5) is 11.4 Å². The van der Waals surface area contributed by atoms with Crippen molar-refractivity contribution < 1.29 is 19.8 Å². The molecule has 1 aromatic heterocycles. The van der Waals surface area contributed by atoms with Gasteiger partial charge in [0, 0.05) is 50.1 Å². The number of amides is 2. The molecule has 6 rings (SSSR count). The van der Waals surface area contributed by atoms with E-state index in [9.17, 15) is 14.7 Å². The largest absolute Gasteiger partial charge is 0.396 e. The van der Waals surface area contributed by atoms with E-state index in [0.717, 1.165) is 22.5 Å². The Hall–Kier alpha value is -4.93. The van der Waals surface area contributed by atoms with Crippen molar-refractivity contribution in [3.63, 3.8) is 0 Å². The highest BCUT2D eigenvalue weighted by Crippen LogP contribution is 2.45. The lowest BCUT2D eigenvalue weighted by atomic mass is 9.83. The first-order valence-corrected chi connectivity index (χ1v) is 15.2. The normalized spacial score (nSPS) is 18.9. The molecule has 4 aromatic rings. The van der Waals surface area contributed by atoms with E-state index in [0.29, 0.717) is 49.2 Å². The highest BCUT2D eigenvalue weighted by molar-refractivity contribution is 6.09. The third kappa shape index (κ3) is 6.07. The first-order valence-electron chi connectivity index (χ1n) is 15.2. The number of hydrogen-bond donors (Lipinski definition) is 2. The van der Waals surface area contributed by atoms with Crippen LogP contribution in [-0.4, -0.2) is 49.3 Å². The number of carbonyl (C=O) groups is 2. The van der Waals surface area contributed by atoms with Crippen LogP contribution in [0.15, 0.2) is 102 Å². The van der Waals surface area contributed by atoms with E-state index >= 15 is 0 Å². The number of rotatable bonds is 11. The van der Waals surface area contributed by atoms with E-state index in [1.807, 2.05) is 104 Å². The second-order valence-corrected chi connectivity index (χ2v) is 11.4. The number of nitrogens with zero attached hydrogens (tertiary/aromatic N) is 6. The standard InChI is InChI=1S/C35H36N6O4/c1-25(9-7-8-21-39-24-28(20-22-42)36-38-39)35(45)30-12-5-6-13-32(30)40(34(35)44)23-26-14-16-29(17-15-26)41-33(43)19-18-31(37-41)27-10-3-2-4-11-27/h2-7,9-17,24-25,42,45H,8,18-23H2,1H3/b9-7+/t25-,35+/m0/s1. The zero-order valence-electron chi connectivity index (χ0n) is 25.2. The zero-order valence-corrected chi connectivity index (χ0v) is 25.2. The van der Waals surface area contributed by atoms with Gasteiger partial charge in [0.25, 0.3) is 5.91 Å². The van der Waals surface area contributed by atoms with Gasteiger partial charge in [-0.2, -0.15) is 5.10 Å². The zero-order chi connectivity index (χ0) is 31.4. The molecule has 0 unspecified atom stereocenters. The number of benzene rings is 3. The van der Waals surface area contributed by atoms with Crippen LogP contribution >= 0.6 is 0 Å². The van der Waals surface area contributed by atoms with Crippen molar-refractivity contribution in [1.82, 2.24) is 15.0 Å². The average molecular weight is 605 g/mol. The molecule has 0 spiro atoms. The van der Waals surface area contributed by atoms with Crippen LogP contribution in [0.2, 0.25) is 0 Å². The average Bonchev–Trinajstić information content (AvgIpc) is 3.61. The fraction of sp³-hybridized carbons (Fsp3) is 0.286. The fourth-order valence-electron chi connectivity index (χ4n) is 5.90. The molecule has 10 heteroatoms. The SMILES string of the molecule is C[C@@H](/C=C/CCn1cc(CCO)nn1)[C@]1(O)C(=O)N(Cc2ccc(N3N=C(c4ccccc4)CCC3=O)cc2)c2ccccc21. The molecule has 2 amide bonds. The van der Waals surface area contributed by atoms with Crippen LogP contribution in [0, 0.1) is 5.92 Å². The molecule has 2 N–H and O–H groups in total. The number of aryl methyl sites for hydroxylation is 1. The maximum Gasteiger partial charge on any atom is 0.264 e. The van der Waals surface area contributed by atoms with E-state index < -0.39 is 11.5 Å². The fourth-order valence-corrected chi connectivity index (χ4v) is 5.90. The van der Waals surface area contributed by atoms with Gasteiger partial charge in [-0.1, -0.05) is 85.0 Å². The predicted molar refractivity (Wildman–Crippen MR) is 171 cm³/mol. The number of allylic oxidation sites excluding steroid dienone is 1. The Morgan fingerprint density at radius 2 is 1.73 bits per heavy atom. The first-order chi connectivity index (χ1) is 21.9. The van der Waals surface area contributed by atoms with Crippen molar-refractivity contribution in [3.8, 4) is 0 Å². The number of aliphatic hydroxyl groups is 2. The Morgan fingerprint density at radius 3 is 2.51 bits per heavy atom. The summed E-state index contributed by atoms with van der Waals surface area (Å²) in [5, 5.41) is 35.2. The van der Waals surface area contributed by atoms with Crippen molar-refractivity contribution in [2.24, 2.45) is 11.0 Å². The van der Waals surface area contributed by atoms with Gasteiger partial charge in [0.1, 0.15) is 0 Å².